The summed E-state index contributed by atoms with van der Waals surface area (Å²) in [6.45, 7) is 2.86. The maximum absolute atomic E-state index is 9.93. The summed E-state index contributed by atoms with van der Waals surface area (Å²) >= 11 is 0. The normalized spacial score (nSPS) is 29.0. The molecule has 0 unspecified atom stereocenters. The minimum atomic E-state index is -0.0123. The molecule has 2 aliphatic rings. The third-order valence-electron chi connectivity index (χ3n) is 5.22. The lowest BCUT2D eigenvalue weighted by Crippen LogP contribution is -2.61. The Kier molecular flexibility index (Phi) is 3.89. The van der Waals surface area contributed by atoms with Crippen molar-refractivity contribution in [2.45, 2.75) is 25.3 Å². The Morgan fingerprint density at radius 1 is 1.50 bits per heavy atom. The van der Waals surface area contributed by atoms with Crippen molar-refractivity contribution in [3.63, 3.8) is 0 Å². The Hall–Kier alpha value is -1.91. The second kappa shape index (κ2) is 5.71. The minimum Gasteiger partial charge on any atom is -0.396 e. The van der Waals surface area contributed by atoms with E-state index in [0.717, 1.165) is 38.9 Å². The van der Waals surface area contributed by atoms with Gasteiger partial charge in [-0.3, -0.25) is 0 Å². The lowest BCUT2D eigenvalue weighted by Gasteiger charge is -2.53. The van der Waals surface area contributed by atoms with Gasteiger partial charge in [0.15, 0.2) is 0 Å². The third-order valence-corrected chi connectivity index (χ3v) is 5.22. The average Bonchev–Trinajstić information content (AvgIpc) is 2.55. The maximum atomic E-state index is 9.93. The first-order valence-corrected chi connectivity index (χ1v) is 7.68. The molecule has 0 amide bonds. The zero-order valence-electron chi connectivity index (χ0n) is 12.9. The van der Waals surface area contributed by atoms with Gasteiger partial charge < -0.3 is 20.6 Å². The van der Waals surface area contributed by atoms with Crippen LogP contribution in [0.25, 0.3) is 0 Å². The second-order valence-electron chi connectivity index (χ2n) is 6.40. The number of hydrogen-bond acceptors (Lipinski definition) is 7. The number of hydrogen-bond donors (Lipinski definition) is 2. The van der Waals surface area contributed by atoms with Crippen LogP contribution in [0.4, 0.5) is 11.8 Å². The number of piperidine rings is 2. The van der Waals surface area contributed by atoms with Crippen LogP contribution in [0.15, 0.2) is 6.20 Å². The summed E-state index contributed by atoms with van der Waals surface area (Å²) in [5, 5.41) is 18.8. The second-order valence-corrected chi connectivity index (χ2v) is 6.40. The third kappa shape index (κ3) is 2.38. The molecule has 2 fully saturated rings. The minimum absolute atomic E-state index is 0.0123. The van der Waals surface area contributed by atoms with Crippen LogP contribution >= 0.6 is 0 Å². The van der Waals surface area contributed by atoms with Crippen molar-refractivity contribution < 1.29 is 5.11 Å². The topological polar surface area (TPSA) is 102 Å². The van der Waals surface area contributed by atoms with Gasteiger partial charge in [-0.1, -0.05) is 0 Å². The van der Waals surface area contributed by atoms with E-state index < -0.39 is 0 Å². The van der Waals surface area contributed by atoms with Gasteiger partial charge in [-0.2, -0.15) is 10.2 Å². The molecule has 2 atom stereocenters. The molecule has 1 aromatic rings. The lowest BCUT2D eigenvalue weighted by atomic mass is 9.69. The average molecular weight is 302 g/mol. The fourth-order valence-electron chi connectivity index (χ4n) is 3.82. The van der Waals surface area contributed by atoms with E-state index in [1.807, 2.05) is 6.07 Å². The van der Waals surface area contributed by atoms with Crippen LogP contribution in [0.1, 0.15) is 24.8 Å². The molecule has 7 heteroatoms. The number of likely N-dealkylation sites (N-methyl/N-ethyl adjacent to an activating group) is 1. The molecule has 3 heterocycles. The van der Waals surface area contributed by atoms with Crippen LogP contribution in [0, 0.1) is 16.7 Å². The molecule has 0 aromatic carbocycles. The van der Waals surface area contributed by atoms with Crippen LogP contribution in [-0.2, 0) is 0 Å². The number of nitriles is 1. The van der Waals surface area contributed by atoms with Crippen LogP contribution in [0.2, 0.25) is 0 Å². The summed E-state index contributed by atoms with van der Waals surface area (Å²) in [6, 6.07) is 2.28. The van der Waals surface area contributed by atoms with E-state index in [1.54, 1.807) is 0 Å². The Morgan fingerprint density at radius 2 is 2.32 bits per heavy atom. The number of aromatic nitrogens is 2. The molecule has 7 nitrogen and oxygen atoms in total. The molecule has 0 bridgehead atoms. The number of likely N-dealkylation sites (tertiary alicyclic amines) is 1. The number of anilines is 2. The molecule has 0 saturated carbocycles. The van der Waals surface area contributed by atoms with Gasteiger partial charge in [0.25, 0.3) is 0 Å². The molecule has 118 valence electrons. The van der Waals surface area contributed by atoms with Gasteiger partial charge in [0.2, 0.25) is 5.95 Å². The molecule has 22 heavy (non-hydrogen) atoms. The maximum Gasteiger partial charge on any atom is 0.227 e. The summed E-state index contributed by atoms with van der Waals surface area (Å²) in [7, 11) is 2.12. The van der Waals surface area contributed by atoms with Crippen molar-refractivity contribution >= 4 is 11.8 Å². The largest absolute Gasteiger partial charge is 0.396 e. The van der Waals surface area contributed by atoms with Gasteiger partial charge in [0.1, 0.15) is 17.5 Å². The van der Waals surface area contributed by atoms with Crippen molar-refractivity contribution in [3.8, 4) is 6.07 Å². The number of rotatable bonds is 2. The molecular weight excluding hydrogens is 280 g/mol. The fraction of sp³-hybridized carbons (Fsp3) is 0.667. The van der Waals surface area contributed by atoms with E-state index in [2.05, 4.69) is 26.8 Å². The van der Waals surface area contributed by atoms with Crippen molar-refractivity contribution in [2.24, 2.45) is 5.41 Å². The summed E-state index contributed by atoms with van der Waals surface area (Å²) in [6.07, 6.45) is 4.61. The SMILES string of the molecule is CN1CCC[C@]2(CO)CCN(c3ncc(C#N)c(N)n3)C[C@@H]12. The molecule has 0 radical (unpaired) electrons. The molecular formula is C15H22N6O. The van der Waals surface area contributed by atoms with E-state index in [-0.39, 0.29) is 17.8 Å². The molecule has 2 saturated heterocycles. The molecule has 3 rings (SSSR count). The number of fused-ring (bicyclic) bond motifs is 1. The van der Waals surface area contributed by atoms with Gasteiger partial charge in [0, 0.05) is 24.5 Å². The van der Waals surface area contributed by atoms with Crippen molar-refractivity contribution in [2.75, 3.05) is 43.9 Å². The van der Waals surface area contributed by atoms with Crippen LogP contribution < -0.4 is 10.6 Å². The number of nitrogen functional groups attached to an aromatic ring is 1. The van der Waals surface area contributed by atoms with E-state index in [9.17, 15) is 5.11 Å². The van der Waals surface area contributed by atoms with Gasteiger partial charge in [-0.25, -0.2) is 4.98 Å². The lowest BCUT2D eigenvalue weighted by molar-refractivity contribution is -0.0278. The Labute approximate surface area is 130 Å². The summed E-state index contributed by atoms with van der Waals surface area (Å²) in [4.78, 5) is 13.0. The predicted molar refractivity (Wildman–Crippen MR) is 83.2 cm³/mol. The quantitative estimate of drug-likeness (QED) is 0.805. The van der Waals surface area contributed by atoms with E-state index in [4.69, 9.17) is 11.0 Å². The molecule has 2 aliphatic heterocycles. The first-order valence-electron chi connectivity index (χ1n) is 7.68. The van der Waals surface area contributed by atoms with Gasteiger partial charge in [-0.05, 0) is 32.9 Å². The Bertz CT molecular complexity index is 600. The summed E-state index contributed by atoms with van der Waals surface area (Å²) in [5.41, 5.74) is 6.09. The smallest absolute Gasteiger partial charge is 0.227 e. The predicted octanol–water partition coefficient (Wildman–Crippen LogP) is 0.213. The van der Waals surface area contributed by atoms with Gasteiger partial charge in [0.05, 0.1) is 12.8 Å². The monoisotopic (exact) mass is 302 g/mol. The summed E-state index contributed by atoms with van der Waals surface area (Å²) < 4.78 is 0. The van der Waals surface area contributed by atoms with Crippen LogP contribution in [0.5, 0.6) is 0 Å². The highest BCUT2D eigenvalue weighted by atomic mass is 16.3. The van der Waals surface area contributed by atoms with Crippen molar-refractivity contribution in [3.05, 3.63) is 11.8 Å². The highest BCUT2D eigenvalue weighted by Crippen LogP contribution is 2.42. The highest BCUT2D eigenvalue weighted by Gasteiger charge is 2.46. The van der Waals surface area contributed by atoms with Crippen LogP contribution in [0.3, 0.4) is 0 Å². The zero-order valence-corrected chi connectivity index (χ0v) is 12.9. The zero-order chi connectivity index (χ0) is 15.7. The van der Waals surface area contributed by atoms with Gasteiger partial charge in [-0.15, -0.1) is 0 Å². The van der Waals surface area contributed by atoms with E-state index in [1.165, 1.54) is 6.20 Å². The fourth-order valence-corrected chi connectivity index (χ4v) is 3.82. The molecule has 0 aliphatic carbocycles. The number of nitrogens with two attached hydrogens (primary N) is 1. The van der Waals surface area contributed by atoms with Crippen LogP contribution in [-0.4, -0.2) is 59.3 Å². The van der Waals surface area contributed by atoms with E-state index >= 15 is 0 Å². The Morgan fingerprint density at radius 3 is 3.00 bits per heavy atom. The first-order chi connectivity index (χ1) is 10.6. The summed E-state index contributed by atoms with van der Waals surface area (Å²) in [5.74, 6) is 0.797. The molecule has 0 spiro atoms. The highest BCUT2D eigenvalue weighted by molar-refractivity contribution is 5.50. The van der Waals surface area contributed by atoms with E-state index in [0.29, 0.717) is 17.6 Å². The molecule has 1 aromatic heterocycles. The number of aliphatic hydroxyl groups excluding tert-OH is 1. The number of nitrogens with zero attached hydrogens (tertiary/aromatic N) is 5. The Balaban J connectivity index is 1.84. The standard InChI is InChI=1S/C15H22N6O/c1-20-5-2-3-15(10-22)4-6-21(9-12(15)20)14-18-8-11(7-16)13(17)19-14/h8,12,22H,2-6,9-10H2,1H3,(H2,17,18,19)/t12-,15-/m1/s1. The molecule has 3 N–H and O–H groups in total. The van der Waals surface area contributed by atoms with Gasteiger partial charge >= 0.3 is 0 Å². The van der Waals surface area contributed by atoms with Crippen molar-refractivity contribution in [1.82, 2.24) is 14.9 Å². The number of aliphatic hydroxyl groups is 1. The first kappa shape index (κ1) is 15.0. The van der Waals surface area contributed by atoms with Crippen molar-refractivity contribution in [1.29, 1.82) is 5.26 Å².